The topological polar surface area (TPSA) is 20.3 Å². The van der Waals surface area contributed by atoms with Crippen LogP contribution in [0.15, 0.2) is 77.3 Å². The number of rotatable bonds is 4. The Balaban J connectivity index is 0.000000178. The molecule has 0 spiro atoms. The van der Waals surface area contributed by atoms with Crippen molar-refractivity contribution in [1.29, 1.82) is 0 Å². The zero-order valence-corrected chi connectivity index (χ0v) is 21.1. The monoisotopic (exact) mass is 535 g/mol. The maximum atomic E-state index is 14.8. The lowest BCUT2D eigenvalue weighted by molar-refractivity contribution is 0.0811. The first-order valence-corrected chi connectivity index (χ1v) is 13.1. The highest BCUT2D eigenvalue weighted by molar-refractivity contribution is 9.10. The Morgan fingerprint density at radius 2 is 1.46 bits per heavy atom. The zero-order valence-electron chi connectivity index (χ0n) is 19.5. The molecule has 4 aromatic rings. The number of nitrogens with zero attached hydrogens (tertiary/aromatic N) is 1. The van der Waals surface area contributed by atoms with Gasteiger partial charge in [0.05, 0.1) is 10.0 Å². The second kappa shape index (κ2) is 10.5. The smallest absolute Gasteiger partial charge is 0.170 e. The highest BCUT2D eigenvalue weighted by Gasteiger charge is 2.31. The Labute approximate surface area is 213 Å². The summed E-state index contributed by atoms with van der Waals surface area (Å²) in [7, 11) is 0. The predicted molar refractivity (Wildman–Crippen MR) is 142 cm³/mol. The number of benzene rings is 4. The van der Waals surface area contributed by atoms with Gasteiger partial charge in [0, 0.05) is 29.8 Å². The predicted octanol–water partition coefficient (Wildman–Crippen LogP) is 8.03. The molecule has 6 rings (SSSR count). The summed E-state index contributed by atoms with van der Waals surface area (Å²) in [6.07, 6.45) is 4.58. The fraction of sp³-hybridized carbons (Fsp3) is 0.300. The van der Waals surface area contributed by atoms with E-state index in [0.717, 1.165) is 49.2 Å². The van der Waals surface area contributed by atoms with Crippen LogP contribution in [-0.4, -0.2) is 30.3 Å². The first-order chi connectivity index (χ1) is 17.0. The van der Waals surface area contributed by atoms with Crippen LogP contribution in [0.3, 0.4) is 0 Å². The molecule has 1 aliphatic heterocycles. The Kier molecular flexibility index (Phi) is 7.26. The second-order valence-corrected chi connectivity index (χ2v) is 10.5. The van der Waals surface area contributed by atoms with E-state index >= 15 is 0 Å². The van der Waals surface area contributed by atoms with Crippen LogP contribution in [0.4, 0.5) is 8.78 Å². The third-order valence-electron chi connectivity index (χ3n) is 7.03. The number of hydrogen-bond donors (Lipinski definition) is 0. The summed E-state index contributed by atoms with van der Waals surface area (Å²) in [4.78, 5) is 15.2. The van der Waals surface area contributed by atoms with Crippen LogP contribution in [0.2, 0.25) is 0 Å². The van der Waals surface area contributed by atoms with Crippen molar-refractivity contribution in [2.45, 2.75) is 25.7 Å². The summed E-state index contributed by atoms with van der Waals surface area (Å²) < 4.78 is 28.6. The molecule has 2 nitrogen and oxygen atoms in total. The maximum absolute atomic E-state index is 14.8. The third-order valence-corrected chi connectivity index (χ3v) is 7.65. The summed E-state index contributed by atoms with van der Waals surface area (Å²) in [6, 6.07) is 21.9. The van der Waals surface area contributed by atoms with E-state index < -0.39 is 0 Å². The molecule has 2 aliphatic rings. The second-order valence-electron chi connectivity index (χ2n) is 9.64. The highest BCUT2D eigenvalue weighted by Crippen LogP contribution is 2.32. The average molecular weight is 536 g/mol. The van der Waals surface area contributed by atoms with Crippen molar-refractivity contribution in [2.24, 2.45) is 11.8 Å². The van der Waals surface area contributed by atoms with Gasteiger partial charge < -0.3 is 4.90 Å². The van der Waals surface area contributed by atoms with Crippen molar-refractivity contribution in [3.8, 4) is 0 Å². The molecular formula is C30H28BrF2NO. The van der Waals surface area contributed by atoms with Crippen LogP contribution < -0.4 is 0 Å². The molecule has 0 radical (unpaired) electrons. The lowest BCUT2D eigenvalue weighted by Crippen LogP contribution is -2.39. The van der Waals surface area contributed by atoms with E-state index in [1.165, 1.54) is 12.8 Å². The van der Waals surface area contributed by atoms with Gasteiger partial charge in [0.25, 0.3) is 0 Å². The van der Waals surface area contributed by atoms with Crippen molar-refractivity contribution < 1.29 is 13.6 Å². The van der Waals surface area contributed by atoms with Crippen molar-refractivity contribution in [2.75, 3.05) is 19.6 Å². The molecule has 1 heterocycles. The van der Waals surface area contributed by atoms with Crippen molar-refractivity contribution in [3.05, 3.63) is 94.5 Å². The number of carbonyl (C=O) groups is 1. The molecule has 2 fully saturated rings. The van der Waals surface area contributed by atoms with Gasteiger partial charge in [-0.05, 0) is 77.0 Å². The maximum Gasteiger partial charge on any atom is 0.170 e. The Bertz CT molecular complexity index is 1370. The minimum absolute atomic E-state index is 0.0197. The quantitative estimate of drug-likeness (QED) is 0.246. The number of halogens is 3. The minimum atomic E-state index is -0.354. The fourth-order valence-electron chi connectivity index (χ4n) is 4.95. The summed E-state index contributed by atoms with van der Waals surface area (Å²) in [6.45, 7) is 2.99. The molecule has 1 unspecified atom stereocenters. The molecule has 5 heteroatoms. The van der Waals surface area contributed by atoms with E-state index in [0.29, 0.717) is 15.2 Å². The van der Waals surface area contributed by atoms with E-state index in [-0.39, 0.29) is 28.9 Å². The van der Waals surface area contributed by atoms with Gasteiger partial charge >= 0.3 is 0 Å². The van der Waals surface area contributed by atoms with E-state index in [1.54, 1.807) is 24.3 Å². The molecule has 0 bridgehead atoms. The lowest BCUT2D eigenvalue weighted by Gasteiger charge is -2.32. The Morgan fingerprint density at radius 1 is 0.829 bits per heavy atom. The minimum Gasteiger partial charge on any atom is -0.302 e. The molecule has 0 amide bonds. The van der Waals surface area contributed by atoms with Crippen LogP contribution in [0, 0.1) is 23.5 Å². The van der Waals surface area contributed by atoms with Crippen LogP contribution >= 0.6 is 15.9 Å². The molecule has 0 aromatic heterocycles. The van der Waals surface area contributed by atoms with Gasteiger partial charge in [-0.3, -0.25) is 4.79 Å². The van der Waals surface area contributed by atoms with Crippen LogP contribution in [-0.2, 0) is 0 Å². The molecule has 180 valence electrons. The third kappa shape index (κ3) is 5.46. The molecule has 0 N–H and O–H groups in total. The number of Topliss-reactive ketones (excluding diaryl/α,β-unsaturated/α-hetero) is 1. The number of fused-ring (bicyclic) bond motifs is 2. The molecule has 1 aliphatic carbocycles. The Hall–Kier alpha value is -2.63. The Morgan fingerprint density at radius 3 is 2.14 bits per heavy atom. The number of ketones is 1. The largest absolute Gasteiger partial charge is 0.302 e. The summed E-state index contributed by atoms with van der Waals surface area (Å²) in [5, 5.41) is 2.98. The van der Waals surface area contributed by atoms with E-state index in [9.17, 15) is 13.6 Å². The average Bonchev–Trinajstić information content (AvgIpc) is 3.71. The van der Waals surface area contributed by atoms with Crippen molar-refractivity contribution in [1.82, 2.24) is 4.90 Å². The molecular weight excluding hydrogens is 508 g/mol. The summed E-state index contributed by atoms with van der Waals surface area (Å²) in [5.74, 6) is 0.216. The van der Waals surface area contributed by atoms with Crippen molar-refractivity contribution >= 4 is 43.3 Å². The standard InChI is InChI=1S/C20H22FNO.C10H6BrF/c21-19-17-6-2-1-4-15(17)9-10-18(19)20(23)16-5-3-11-22(13-16)12-14-7-8-14;11-9-6-5-7-3-1-2-4-8(7)10(9)12/h1-2,4,6,9-10,14,16H,3,5,7-8,11-13H2;1-6H. The number of likely N-dealkylation sites (tertiary alicyclic amines) is 1. The van der Waals surface area contributed by atoms with Gasteiger partial charge in [0.2, 0.25) is 0 Å². The van der Waals surface area contributed by atoms with Crippen molar-refractivity contribution in [3.63, 3.8) is 0 Å². The number of carbonyl (C=O) groups excluding carboxylic acids is 1. The van der Waals surface area contributed by atoms with E-state index in [4.69, 9.17) is 0 Å². The van der Waals surface area contributed by atoms with Gasteiger partial charge in [0.15, 0.2) is 5.78 Å². The van der Waals surface area contributed by atoms with Crippen LogP contribution in [0.1, 0.15) is 36.0 Å². The molecule has 1 atom stereocenters. The van der Waals surface area contributed by atoms with Gasteiger partial charge in [-0.25, -0.2) is 8.78 Å². The van der Waals surface area contributed by atoms with Gasteiger partial charge in [-0.2, -0.15) is 0 Å². The zero-order chi connectivity index (χ0) is 24.4. The first-order valence-electron chi connectivity index (χ1n) is 12.3. The number of hydrogen-bond acceptors (Lipinski definition) is 2. The SMILES string of the molecule is Fc1c(Br)ccc2ccccc12.O=C(c1ccc2ccccc2c1F)C1CCCN(CC2CC2)C1. The molecule has 35 heavy (non-hydrogen) atoms. The summed E-state index contributed by atoms with van der Waals surface area (Å²) in [5.41, 5.74) is 0.266. The normalized spacial score (nSPS) is 18.3. The first kappa shape index (κ1) is 24.1. The highest BCUT2D eigenvalue weighted by atomic mass is 79.9. The van der Waals surface area contributed by atoms with Gasteiger partial charge in [-0.15, -0.1) is 0 Å². The molecule has 1 saturated carbocycles. The fourth-order valence-corrected chi connectivity index (χ4v) is 5.30. The van der Waals surface area contributed by atoms with Crippen LogP contribution in [0.25, 0.3) is 21.5 Å². The van der Waals surface area contributed by atoms with Gasteiger partial charge in [0.1, 0.15) is 11.6 Å². The van der Waals surface area contributed by atoms with E-state index in [2.05, 4.69) is 20.8 Å². The van der Waals surface area contributed by atoms with E-state index in [1.807, 2.05) is 48.5 Å². The molecule has 1 saturated heterocycles. The summed E-state index contributed by atoms with van der Waals surface area (Å²) >= 11 is 3.14. The lowest BCUT2D eigenvalue weighted by atomic mass is 9.88. The number of piperidine rings is 1. The molecule has 4 aromatic carbocycles. The van der Waals surface area contributed by atoms with Crippen LogP contribution in [0.5, 0.6) is 0 Å². The van der Waals surface area contributed by atoms with Gasteiger partial charge in [-0.1, -0.05) is 60.7 Å².